The van der Waals surface area contributed by atoms with Gasteiger partial charge in [-0.05, 0) is 32.6 Å². The van der Waals surface area contributed by atoms with Gasteiger partial charge in [-0.15, -0.1) is 11.3 Å². The van der Waals surface area contributed by atoms with E-state index in [1.54, 1.807) is 18.3 Å². The third-order valence-corrected chi connectivity index (χ3v) is 3.80. The van der Waals surface area contributed by atoms with Gasteiger partial charge in [0, 0.05) is 4.88 Å². The molecular formula is C10H15NOS. The van der Waals surface area contributed by atoms with Crippen molar-refractivity contribution in [3.63, 3.8) is 0 Å². The summed E-state index contributed by atoms with van der Waals surface area (Å²) in [6.07, 6.45) is 5.76. The highest BCUT2D eigenvalue weighted by molar-refractivity contribution is 7.11. The topological polar surface area (TPSA) is 33.1 Å². The second kappa shape index (κ2) is 3.76. The lowest BCUT2D eigenvalue weighted by Crippen LogP contribution is -1.91. The van der Waals surface area contributed by atoms with Crippen LogP contribution in [0, 0.1) is 0 Å². The van der Waals surface area contributed by atoms with Crippen LogP contribution in [-0.2, 0) is 12.8 Å². The summed E-state index contributed by atoms with van der Waals surface area (Å²) in [6, 6.07) is 0. The molecule has 0 saturated heterocycles. The van der Waals surface area contributed by atoms with Gasteiger partial charge in [0.25, 0.3) is 0 Å². The van der Waals surface area contributed by atoms with Gasteiger partial charge >= 0.3 is 0 Å². The van der Waals surface area contributed by atoms with Crippen LogP contribution >= 0.6 is 11.3 Å². The van der Waals surface area contributed by atoms with Gasteiger partial charge in [-0.3, -0.25) is 0 Å². The van der Waals surface area contributed by atoms with Crippen LogP contribution in [0.3, 0.4) is 0 Å². The van der Waals surface area contributed by atoms with E-state index < -0.39 is 6.10 Å². The highest BCUT2D eigenvalue weighted by Crippen LogP contribution is 2.28. The van der Waals surface area contributed by atoms with E-state index in [-0.39, 0.29) is 0 Å². The SMILES string of the molecule is CC(O)c1nc2c(s1)CCCCC2. The number of aromatic nitrogens is 1. The van der Waals surface area contributed by atoms with Crippen LogP contribution in [0.25, 0.3) is 0 Å². The fourth-order valence-corrected chi connectivity index (χ4v) is 2.82. The maximum atomic E-state index is 9.39. The van der Waals surface area contributed by atoms with Crippen LogP contribution in [0.5, 0.6) is 0 Å². The maximum Gasteiger partial charge on any atom is 0.121 e. The van der Waals surface area contributed by atoms with Gasteiger partial charge < -0.3 is 5.11 Å². The van der Waals surface area contributed by atoms with Gasteiger partial charge in [0.1, 0.15) is 11.1 Å². The Morgan fingerprint density at radius 2 is 2.08 bits per heavy atom. The summed E-state index contributed by atoms with van der Waals surface area (Å²) in [6.45, 7) is 1.79. The van der Waals surface area contributed by atoms with Gasteiger partial charge in [-0.2, -0.15) is 0 Å². The van der Waals surface area contributed by atoms with Gasteiger partial charge in [0.05, 0.1) is 5.69 Å². The van der Waals surface area contributed by atoms with Crippen molar-refractivity contribution in [2.24, 2.45) is 0 Å². The number of rotatable bonds is 1. The lowest BCUT2D eigenvalue weighted by Gasteiger charge is -1.96. The monoisotopic (exact) mass is 197 g/mol. The highest BCUT2D eigenvalue weighted by Gasteiger charge is 2.15. The molecule has 0 aromatic carbocycles. The number of hydrogen-bond donors (Lipinski definition) is 1. The molecule has 0 amide bonds. The van der Waals surface area contributed by atoms with Crippen molar-refractivity contribution in [2.75, 3.05) is 0 Å². The summed E-state index contributed by atoms with van der Waals surface area (Å²) in [5.74, 6) is 0. The molecule has 3 heteroatoms. The van der Waals surface area contributed by atoms with Gasteiger partial charge in [0.15, 0.2) is 0 Å². The number of aliphatic hydroxyl groups excluding tert-OH is 1. The highest BCUT2D eigenvalue weighted by atomic mass is 32.1. The number of aliphatic hydroxyl groups is 1. The zero-order valence-electron chi connectivity index (χ0n) is 7.92. The summed E-state index contributed by atoms with van der Waals surface area (Å²) >= 11 is 1.70. The van der Waals surface area contributed by atoms with Crippen LogP contribution < -0.4 is 0 Å². The summed E-state index contributed by atoms with van der Waals surface area (Å²) < 4.78 is 0. The van der Waals surface area contributed by atoms with E-state index >= 15 is 0 Å². The quantitative estimate of drug-likeness (QED) is 0.702. The van der Waals surface area contributed by atoms with Crippen LogP contribution in [0.15, 0.2) is 0 Å². The van der Waals surface area contributed by atoms with E-state index in [1.165, 1.54) is 36.3 Å². The molecule has 0 fully saturated rings. The molecule has 0 spiro atoms. The average Bonchev–Trinajstić information content (AvgIpc) is 2.38. The third-order valence-electron chi connectivity index (χ3n) is 2.47. The normalized spacial score (nSPS) is 19.2. The Morgan fingerprint density at radius 1 is 1.31 bits per heavy atom. The molecule has 13 heavy (non-hydrogen) atoms. The Balaban J connectivity index is 2.27. The lowest BCUT2D eigenvalue weighted by atomic mass is 10.2. The minimum Gasteiger partial charge on any atom is -0.386 e. The third kappa shape index (κ3) is 1.92. The van der Waals surface area contributed by atoms with Crippen molar-refractivity contribution in [1.82, 2.24) is 4.98 Å². The molecule has 1 unspecified atom stereocenters. The fraction of sp³-hybridized carbons (Fsp3) is 0.700. The van der Waals surface area contributed by atoms with E-state index in [0.29, 0.717) is 0 Å². The molecule has 1 heterocycles. The van der Waals surface area contributed by atoms with E-state index in [2.05, 4.69) is 4.98 Å². The van der Waals surface area contributed by atoms with Crippen LogP contribution in [-0.4, -0.2) is 10.1 Å². The van der Waals surface area contributed by atoms with E-state index in [0.717, 1.165) is 11.4 Å². The van der Waals surface area contributed by atoms with Crippen molar-refractivity contribution in [1.29, 1.82) is 0 Å². The second-order valence-corrected chi connectivity index (χ2v) is 4.77. The molecule has 1 aromatic rings. The smallest absolute Gasteiger partial charge is 0.121 e. The molecule has 0 saturated carbocycles. The predicted molar refractivity (Wildman–Crippen MR) is 54.0 cm³/mol. The molecule has 1 atom stereocenters. The van der Waals surface area contributed by atoms with Crippen LogP contribution in [0.2, 0.25) is 0 Å². The molecule has 0 aliphatic heterocycles. The van der Waals surface area contributed by atoms with Crippen LogP contribution in [0.1, 0.15) is 47.9 Å². The molecule has 72 valence electrons. The zero-order chi connectivity index (χ0) is 9.26. The van der Waals surface area contributed by atoms with Gasteiger partial charge in [-0.25, -0.2) is 4.98 Å². The van der Waals surface area contributed by atoms with E-state index in [1.807, 2.05) is 0 Å². The summed E-state index contributed by atoms with van der Waals surface area (Å²) in [5, 5.41) is 10.3. The molecule has 2 rings (SSSR count). The minimum absolute atomic E-state index is 0.392. The largest absolute Gasteiger partial charge is 0.386 e. The van der Waals surface area contributed by atoms with E-state index in [9.17, 15) is 5.11 Å². The number of hydrogen-bond acceptors (Lipinski definition) is 3. The summed E-state index contributed by atoms with van der Waals surface area (Å²) in [7, 11) is 0. The predicted octanol–water partition coefficient (Wildman–Crippen LogP) is 2.47. The summed E-state index contributed by atoms with van der Waals surface area (Å²) in [5.41, 5.74) is 1.25. The lowest BCUT2D eigenvalue weighted by molar-refractivity contribution is 0.198. The number of nitrogens with zero attached hydrogens (tertiary/aromatic N) is 1. The number of fused-ring (bicyclic) bond motifs is 1. The van der Waals surface area contributed by atoms with Gasteiger partial charge in [-0.1, -0.05) is 6.42 Å². The van der Waals surface area contributed by atoms with Crippen molar-refractivity contribution in [2.45, 2.75) is 45.1 Å². The summed E-state index contributed by atoms with van der Waals surface area (Å²) in [4.78, 5) is 5.89. The van der Waals surface area contributed by atoms with Gasteiger partial charge in [0.2, 0.25) is 0 Å². The molecule has 2 nitrogen and oxygen atoms in total. The standard InChI is InChI=1S/C10H15NOS/c1-7(12)10-11-8-5-3-2-4-6-9(8)13-10/h7,12H,2-6H2,1H3. The fourth-order valence-electron chi connectivity index (χ4n) is 1.73. The second-order valence-electron chi connectivity index (χ2n) is 3.66. The van der Waals surface area contributed by atoms with Crippen LogP contribution in [0.4, 0.5) is 0 Å². The minimum atomic E-state index is -0.392. The zero-order valence-corrected chi connectivity index (χ0v) is 8.73. The molecule has 1 aromatic heterocycles. The number of aryl methyl sites for hydroxylation is 2. The number of thiazole rings is 1. The first-order valence-electron chi connectivity index (χ1n) is 4.94. The van der Waals surface area contributed by atoms with Crippen molar-refractivity contribution >= 4 is 11.3 Å². The molecule has 1 N–H and O–H groups in total. The first-order valence-corrected chi connectivity index (χ1v) is 5.75. The van der Waals surface area contributed by atoms with Crippen molar-refractivity contribution < 1.29 is 5.11 Å². The first-order chi connectivity index (χ1) is 6.27. The Bertz CT molecular complexity index is 270. The molecule has 1 aliphatic carbocycles. The Hall–Kier alpha value is -0.410. The Kier molecular flexibility index (Phi) is 2.65. The maximum absolute atomic E-state index is 9.39. The Morgan fingerprint density at radius 3 is 2.85 bits per heavy atom. The molecule has 0 bridgehead atoms. The molecule has 0 radical (unpaired) electrons. The molecular weight excluding hydrogens is 182 g/mol. The van der Waals surface area contributed by atoms with E-state index in [4.69, 9.17) is 0 Å². The Labute approximate surface area is 82.6 Å². The average molecular weight is 197 g/mol. The first kappa shape index (κ1) is 9.16. The van der Waals surface area contributed by atoms with Crippen molar-refractivity contribution in [3.05, 3.63) is 15.6 Å². The van der Waals surface area contributed by atoms with Crippen molar-refractivity contribution in [3.8, 4) is 0 Å². The molecule has 1 aliphatic rings.